The number of nitrogens with one attached hydrogen (secondary N) is 1. The monoisotopic (exact) mass is 377 g/mol. The average molecular weight is 378 g/mol. The normalized spacial score (nSPS) is 16.4. The zero-order chi connectivity index (χ0) is 19.7. The van der Waals surface area contributed by atoms with Gasteiger partial charge in [0.05, 0.1) is 26.2 Å². The number of aromatic nitrogens is 2. The van der Waals surface area contributed by atoms with Gasteiger partial charge in [-0.2, -0.15) is 0 Å². The van der Waals surface area contributed by atoms with E-state index in [0.717, 1.165) is 37.6 Å². The molecule has 3 aromatic rings. The van der Waals surface area contributed by atoms with Gasteiger partial charge in [-0.1, -0.05) is 29.8 Å². The van der Waals surface area contributed by atoms with E-state index in [-0.39, 0.29) is 6.04 Å². The molecule has 0 saturated carbocycles. The zero-order valence-electron chi connectivity index (χ0n) is 17.2. The van der Waals surface area contributed by atoms with Gasteiger partial charge in [-0.25, -0.2) is 0 Å². The Morgan fingerprint density at radius 2 is 1.75 bits per heavy atom. The molecule has 0 amide bonds. The highest BCUT2D eigenvalue weighted by Crippen LogP contribution is 2.23. The summed E-state index contributed by atoms with van der Waals surface area (Å²) in [6, 6.07) is 15.0. The van der Waals surface area contributed by atoms with E-state index < -0.39 is 0 Å². The predicted molar refractivity (Wildman–Crippen MR) is 112 cm³/mol. The standard InChI is InChI=1S/C23H28N4O/c1-16-7-5-9-20(15-16)23-25-24-22(28-23)19(4)26-11-13-27(14-12-26)21-10-6-8-17(2)18(21)3/h5-10,15,19H,11-14H2,1-4H3/p+1/t19-/m1/s1. The Labute approximate surface area is 167 Å². The van der Waals surface area contributed by atoms with Gasteiger partial charge in [0.15, 0.2) is 6.04 Å². The molecular weight excluding hydrogens is 348 g/mol. The summed E-state index contributed by atoms with van der Waals surface area (Å²) in [5, 5.41) is 8.64. The van der Waals surface area contributed by atoms with Crippen molar-refractivity contribution >= 4 is 5.69 Å². The van der Waals surface area contributed by atoms with E-state index in [9.17, 15) is 0 Å². The predicted octanol–water partition coefficient (Wildman–Crippen LogP) is 3.13. The molecule has 2 heterocycles. The molecule has 0 bridgehead atoms. The van der Waals surface area contributed by atoms with Gasteiger partial charge >= 0.3 is 0 Å². The Bertz CT molecular complexity index is 957. The van der Waals surface area contributed by atoms with Gasteiger partial charge in [-0.15, -0.1) is 10.2 Å². The fourth-order valence-corrected chi connectivity index (χ4v) is 4.02. The van der Waals surface area contributed by atoms with Crippen molar-refractivity contribution in [2.45, 2.75) is 33.7 Å². The van der Waals surface area contributed by atoms with Gasteiger partial charge in [0.25, 0.3) is 5.89 Å². The second-order valence-corrected chi connectivity index (χ2v) is 7.90. The minimum Gasteiger partial charge on any atom is -0.415 e. The third-order valence-electron chi connectivity index (χ3n) is 6.01. The highest BCUT2D eigenvalue weighted by Gasteiger charge is 2.29. The maximum Gasteiger partial charge on any atom is 0.274 e. The Morgan fingerprint density at radius 1 is 1.00 bits per heavy atom. The molecule has 1 aliphatic rings. The minimum absolute atomic E-state index is 0.201. The minimum atomic E-state index is 0.201. The van der Waals surface area contributed by atoms with Crippen molar-refractivity contribution in [2.24, 2.45) is 0 Å². The Hall–Kier alpha value is -2.66. The fourth-order valence-electron chi connectivity index (χ4n) is 4.02. The second-order valence-electron chi connectivity index (χ2n) is 7.90. The van der Waals surface area contributed by atoms with Gasteiger partial charge in [-0.05, 0) is 57.0 Å². The van der Waals surface area contributed by atoms with Crippen LogP contribution < -0.4 is 9.80 Å². The summed E-state index contributed by atoms with van der Waals surface area (Å²) in [6.07, 6.45) is 0. The van der Waals surface area contributed by atoms with Crippen molar-refractivity contribution in [1.29, 1.82) is 0 Å². The molecular formula is C23H29N4O+. The van der Waals surface area contributed by atoms with Crippen LogP contribution in [0.5, 0.6) is 0 Å². The highest BCUT2D eigenvalue weighted by atomic mass is 16.4. The topological polar surface area (TPSA) is 46.6 Å². The third-order valence-corrected chi connectivity index (χ3v) is 6.01. The lowest BCUT2D eigenvalue weighted by Crippen LogP contribution is -3.14. The zero-order valence-corrected chi connectivity index (χ0v) is 17.2. The van der Waals surface area contributed by atoms with Crippen LogP contribution in [0.4, 0.5) is 5.69 Å². The maximum absolute atomic E-state index is 6.03. The number of anilines is 1. The first-order valence-electron chi connectivity index (χ1n) is 10.1. The lowest BCUT2D eigenvalue weighted by molar-refractivity contribution is -0.931. The first kappa shape index (κ1) is 18.7. The number of piperazine rings is 1. The lowest BCUT2D eigenvalue weighted by Gasteiger charge is -2.36. The molecule has 0 radical (unpaired) electrons. The van der Waals surface area contributed by atoms with Gasteiger partial charge in [-0.3, -0.25) is 0 Å². The molecule has 0 spiro atoms. The number of nitrogens with zero attached hydrogens (tertiary/aromatic N) is 3. The molecule has 5 heteroatoms. The Kier molecular flexibility index (Phi) is 5.18. The first-order chi connectivity index (χ1) is 13.5. The van der Waals surface area contributed by atoms with Gasteiger partial charge in [0.2, 0.25) is 5.89 Å². The average Bonchev–Trinajstić information content (AvgIpc) is 3.20. The van der Waals surface area contributed by atoms with Crippen LogP contribution >= 0.6 is 0 Å². The van der Waals surface area contributed by atoms with Gasteiger partial charge < -0.3 is 14.2 Å². The van der Waals surface area contributed by atoms with Crippen molar-refractivity contribution in [3.8, 4) is 11.5 Å². The van der Waals surface area contributed by atoms with E-state index in [1.165, 1.54) is 27.3 Å². The molecule has 1 fully saturated rings. The molecule has 2 aromatic carbocycles. The van der Waals surface area contributed by atoms with Crippen LogP contribution in [-0.2, 0) is 0 Å². The van der Waals surface area contributed by atoms with Crippen molar-refractivity contribution in [3.05, 3.63) is 65.0 Å². The van der Waals surface area contributed by atoms with E-state index in [4.69, 9.17) is 4.42 Å². The van der Waals surface area contributed by atoms with Crippen LogP contribution in [0.25, 0.3) is 11.5 Å². The van der Waals surface area contributed by atoms with Crippen molar-refractivity contribution in [1.82, 2.24) is 10.2 Å². The number of benzene rings is 2. The SMILES string of the molecule is Cc1cccc(-c2nnc([C@@H](C)[NH+]3CCN(c4cccc(C)c4C)CC3)o2)c1. The van der Waals surface area contributed by atoms with Gasteiger partial charge in [0.1, 0.15) is 0 Å². The molecule has 28 heavy (non-hydrogen) atoms. The molecule has 1 aromatic heterocycles. The largest absolute Gasteiger partial charge is 0.415 e. The number of hydrogen-bond acceptors (Lipinski definition) is 4. The van der Waals surface area contributed by atoms with Gasteiger partial charge in [0, 0.05) is 11.3 Å². The second kappa shape index (κ2) is 7.76. The summed E-state index contributed by atoms with van der Waals surface area (Å²) in [6.45, 7) is 12.9. The van der Waals surface area contributed by atoms with Crippen LogP contribution in [0.2, 0.25) is 0 Å². The summed E-state index contributed by atoms with van der Waals surface area (Å²) < 4.78 is 6.03. The third kappa shape index (κ3) is 3.67. The van der Waals surface area contributed by atoms with Crippen LogP contribution in [0.15, 0.2) is 46.9 Å². The molecule has 4 rings (SSSR count). The summed E-state index contributed by atoms with van der Waals surface area (Å²) in [5.41, 5.74) is 6.29. The summed E-state index contributed by atoms with van der Waals surface area (Å²) >= 11 is 0. The highest BCUT2D eigenvalue weighted by molar-refractivity contribution is 5.56. The van der Waals surface area contributed by atoms with Crippen molar-refractivity contribution in [2.75, 3.05) is 31.1 Å². The molecule has 1 saturated heterocycles. The van der Waals surface area contributed by atoms with Crippen LogP contribution in [0.1, 0.15) is 35.5 Å². The molecule has 0 aliphatic carbocycles. The molecule has 0 unspecified atom stereocenters. The maximum atomic E-state index is 6.03. The van der Waals surface area contributed by atoms with E-state index in [2.05, 4.69) is 73.1 Å². The molecule has 146 valence electrons. The molecule has 1 aliphatic heterocycles. The lowest BCUT2D eigenvalue weighted by atomic mass is 10.1. The Morgan fingerprint density at radius 3 is 2.50 bits per heavy atom. The van der Waals surface area contributed by atoms with Crippen LogP contribution in [0, 0.1) is 20.8 Å². The summed E-state index contributed by atoms with van der Waals surface area (Å²) in [5.74, 6) is 1.34. The van der Waals surface area contributed by atoms with E-state index >= 15 is 0 Å². The van der Waals surface area contributed by atoms with E-state index in [1.807, 2.05) is 12.1 Å². The summed E-state index contributed by atoms with van der Waals surface area (Å²) in [4.78, 5) is 4.01. The van der Waals surface area contributed by atoms with Crippen LogP contribution in [-0.4, -0.2) is 36.4 Å². The molecule has 1 N–H and O–H groups in total. The molecule has 5 nitrogen and oxygen atoms in total. The quantitative estimate of drug-likeness (QED) is 0.759. The fraction of sp³-hybridized carbons (Fsp3) is 0.391. The van der Waals surface area contributed by atoms with Crippen LogP contribution in [0.3, 0.4) is 0 Å². The van der Waals surface area contributed by atoms with E-state index in [1.54, 1.807) is 0 Å². The first-order valence-corrected chi connectivity index (χ1v) is 10.1. The number of rotatable bonds is 4. The van der Waals surface area contributed by atoms with Crippen molar-refractivity contribution in [3.63, 3.8) is 0 Å². The van der Waals surface area contributed by atoms with Crippen molar-refractivity contribution < 1.29 is 9.32 Å². The number of aryl methyl sites for hydroxylation is 2. The smallest absolute Gasteiger partial charge is 0.274 e. The summed E-state index contributed by atoms with van der Waals surface area (Å²) in [7, 11) is 0. The number of quaternary nitrogens is 1. The Balaban J connectivity index is 1.43. The number of hydrogen-bond donors (Lipinski definition) is 1. The van der Waals surface area contributed by atoms with E-state index in [0.29, 0.717) is 5.89 Å². The molecule has 1 atom stereocenters.